The third-order valence-electron chi connectivity index (χ3n) is 11.4. The Balaban J connectivity index is 1.68. The van der Waals surface area contributed by atoms with Crippen molar-refractivity contribution in [1.29, 1.82) is 0 Å². The van der Waals surface area contributed by atoms with Crippen LogP contribution in [0.15, 0.2) is 60.7 Å². The van der Waals surface area contributed by atoms with Gasteiger partial charge in [-0.05, 0) is 54.7 Å². The fourth-order valence-electron chi connectivity index (χ4n) is 8.67. The number of rotatable bonds is 7. The van der Waals surface area contributed by atoms with Gasteiger partial charge in [0.25, 0.3) is 0 Å². The van der Waals surface area contributed by atoms with Crippen LogP contribution in [0.2, 0.25) is 0 Å². The van der Waals surface area contributed by atoms with Crippen molar-refractivity contribution in [2.45, 2.75) is 108 Å². The van der Waals surface area contributed by atoms with E-state index < -0.39 is 7.92 Å². The SMILES string of the molecule is CCC(C)(C)[C@H]1P2[C@H]3[C@@]2(C(C)(C)CC)P(C#Cc2ccccc2)[C@]2(C(C)(C)CC)P1[C@@]32c1ccccc1. The molecule has 8 atom stereocenters. The summed E-state index contributed by atoms with van der Waals surface area (Å²) >= 11 is 0. The molecule has 0 bridgehead atoms. The van der Waals surface area contributed by atoms with Gasteiger partial charge < -0.3 is 0 Å². The van der Waals surface area contributed by atoms with E-state index in [9.17, 15) is 0 Å². The monoisotopic (exact) mass is 546 g/mol. The van der Waals surface area contributed by atoms with Crippen LogP contribution in [0.1, 0.15) is 92.7 Å². The Morgan fingerprint density at radius 1 is 0.757 bits per heavy atom. The molecule has 4 aliphatic rings. The third kappa shape index (κ3) is 2.80. The maximum absolute atomic E-state index is 4.24. The van der Waals surface area contributed by atoms with Crippen molar-refractivity contribution < 1.29 is 0 Å². The van der Waals surface area contributed by atoms with Gasteiger partial charge in [-0.15, -0.1) is 0 Å². The highest BCUT2D eigenvalue weighted by atomic mass is 31.2. The summed E-state index contributed by atoms with van der Waals surface area (Å²) in [7, 11) is -0.611. The molecule has 3 heteroatoms. The minimum atomic E-state index is -0.443. The summed E-state index contributed by atoms with van der Waals surface area (Å²) < 4.78 is 0. The van der Waals surface area contributed by atoms with Crippen LogP contribution in [-0.4, -0.2) is 20.9 Å². The second-order valence-electron chi connectivity index (χ2n) is 13.8. The molecule has 0 N–H and O–H groups in total. The summed E-state index contributed by atoms with van der Waals surface area (Å²) in [5, 5.41) is 1.30. The highest BCUT2D eigenvalue weighted by molar-refractivity contribution is 8.09. The second kappa shape index (κ2) is 8.16. The molecule has 196 valence electrons. The van der Waals surface area contributed by atoms with Crippen molar-refractivity contribution in [1.82, 2.24) is 0 Å². The van der Waals surface area contributed by atoms with Gasteiger partial charge in [0.15, 0.2) is 0 Å². The molecule has 4 fully saturated rings. The number of benzene rings is 2. The second-order valence-corrected chi connectivity index (χ2v) is 22.4. The van der Waals surface area contributed by atoms with Gasteiger partial charge in [-0.2, -0.15) is 0 Å². The quantitative estimate of drug-likeness (QED) is 0.239. The number of fused-ring (bicyclic) bond motifs is 2. The molecule has 2 aromatic carbocycles. The first-order valence-corrected chi connectivity index (χ1v) is 18.7. The third-order valence-corrected chi connectivity index (χ3v) is 27.6. The first kappa shape index (κ1) is 26.5. The smallest absolute Gasteiger partial charge is 0.0434 e. The molecule has 0 aromatic heterocycles. The standard InChI is InChI=1S/C34H45P3/c1-10-29(4,5)28-36-27-32(26-21-17-14-18-22-26)34(37(28)32,31(8,9)12-3)35(33(27,36)30(6,7)11-2)24-23-25-19-15-13-16-20-25/h13-22,27-28H,10-12H2,1-9H3/t27-,28+,32+,33-,34-,35?,36?,37?/m1/s1. The van der Waals surface area contributed by atoms with Gasteiger partial charge in [0.1, 0.15) is 0 Å². The van der Waals surface area contributed by atoms with Crippen molar-refractivity contribution in [2.24, 2.45) is 16.2 Å². The highest BCUT2D eigenvalue weighted by Crippen LogP contribution is 3.28. The Hall–Kier alpha value is -0.710. The zero-order valence-electron chi connectivity index (χ0n) is 24.4. The van der Waals surface area contributed by atoms with E-state index in [4.69, 9.17) is 0 Å². The van der Waals surface area contributed by atoms with E-state index >= 15 is 0 Å². The van der Waals surface area contributed by atoms with Gasteiger partial charge in [-0.3, -0.25) is 0 Å². The molecule has 0 radical (unpaired) electrons. The number of hydrogen-bond acceptors (Lipinski definition) is 0. The van der Waals surface area contributed by atoms with E-state index in [-0.39, 0.29) is 15.8 Å². The Morgan fingerprint density at radius 2 is 1.32 bits per heavy atom. The molecular weight excluding hydrogens is 501 g/mol. The lowest BCUT2D eigenvalue weighted by molar-refractivity contribution is 0.302. The molecule has 3 unspecified atom stereocenters. The lowest BCUT2D eigenvalue weighted by Crippen LogP contribution is -2.41. The van der Waals surface area contributed by atoms with Crippen LogP contribution in [0.25, 0.3) is 0 Å². The first-order chi connectivity index (χ1) is 17.5. The molecule has 4 aliphatic heterocycles. The summed E-state index contributed by atoms with van der Waals surface area (Å²) in [6.07, 6.45) is 3.81. The molecule has 0 aliphatic carbocycles. The maximum atomic E-state index is 4.24. The average Bonchev–Trinajstić information content (AvgIpc) is 3.71. The molecule has 2 aromatic rings. The summed E-state index contributed by atoms with van der Waals surface area (Å²) in [5.74, 6) is 3.82. The van der Waals surface area contributed by atoms with E-state index in [1.165, 1.54) is 24.8 Å². The largest absolute Gasteiger partial charge is 0.0796 e. The Bertz CT molecular complexity index is 1270. The van der Waals surface area contributed by atoms with Crippen LogP contribution in [0, 0.1) is 27.8 Å². The van der Waals surface area contributed by atoms with Crippen LogP contribution < -0.4 is 0 Å². The predicted octanol–water partition coefficient (Wildman–Crippen LogP) is 10.8. The summed E-state index contributed by atoms with van der Waals surface area (Å²) in [5.41, 5.74) is 9.03. The van der Waals surface area contributed by atoms with E-state index in [0.29, 0.717) is 31.2 Å². The highest BCUT2D eigenvalue weighted by Gasteiger charge is 3.09. The number of hydrogen-bond donors (Lipinski definition) is 0. The lowest BCUT2D eigenvalue weighted by atomic mass is 9.74. The zero-order chi connectivity index (χ0) is 26.6. The molecule has 4 saturated heterocycles. The van der Waals surface area contributed by atoms with Gasteiger partial charge in [0, 0.05) is 31.6 Å². The van der Waals surface area contributed by atoms with Crippen molar-refractivity contribution in [3.8, 4) is 11.6 Å². The Morgan fingerprint density at radius 3 is 1.86 bits per heavy atom. The fraction of sp³-hybridized carbons (Fsp3) is 0.588. The Labute approximate surface area is 230 Å². The predicted molar refractivity (Wildman–Crippen MR) is 167 cm³/mol. The maximum Gasteiger partial charge on any atom is 0.0434 e. The van der Waals surface area contributed by atoms with Gasteiger partial charge in [0.2, 0.25) is 0 Å². The van der Waals surface area contributed by atoms with Crippen LogP contribution in [-0.2, 0) is 5.16 Å². The summed E-state index contributed by atoms with van der Waals surface area (Å²) in [4.78, 5) is 0.804. The van der Waals surface area contributed by atoms with Crippen molar-refractivity contribution in [3.63, 3.8) is 0 Å². The van der Waals surface area contributed by atoms with Gasteiger partial charge in [-0.1, -0.05) is 145 Å². The van der Waals surface area contributed by atoms with Crippen molar-refractivity contribution in [2.75, 3.05) is 0 Å². The van der Waals surface area contributed by atoms with Gasteiger partial charge in [0.05, 0.1) is 0 Å². The summed E-state index contributed by atoms with van der Waals surface area (Å²) in [6.45, 7) is 23.2. The lowest BCUT2D eigenvalue weighted by Gasteiger charge is -2.53. The van der Waals surface area contributed by atoms with Crippen LogP contribution in [0.4, 0.5) is 0 Å². The molecule has 4 heterocycles. The van der Waals surface area contributed by atoms with E-state index in [0.717, 1.165) is 11.1 Å². The van der Waals surface area contributed by atoms with Crippen LogP contribution >= 0.6 is 23.8 Å². The minimum absolute atomic E-state index is 0.0394. The van der Waals surface area contributed by atoms with Crippen LogP contribution in [0.3, 0.4) is 0 Å². The normalized spacial score (nSPS) is 39.1. The fourth-order valence-corrected chi connectivity index (χ4v) is 32.1. The average molecular weight is 547 g/mol. The molecular formula is C34H45P3. The minimum Gasteiger partial charge on any atom is -0.0796 e. The van der Waals surface area contributed by atoms with Gasteiger partial charge >= 0.3 is 0 Å². The Kier molecular flexibility index (Phi) is 5.85. The zero-order valence-corrected chi connectivity index (χ0v) is 27.1. The molecule has 0 spiro atoms. The van der Waals surface area contributed by atoms with Gasteiger partial charge in [-0.25, -0.2) is 0 Å². The molecule has 0 nitrogen and oxygen atoms in total. The molecule has 6 rings (SSSR count). The van der Waals surface area contributed by atoms with E-state index in [2.05, 4.69) is 135 Å². The van der Waals surface area contributed by atoms with Crippen LogP contribution in [0.5, 0.6) is 0 Å². The molecule has 0 saturated carbocycles. The molecule has 0 amide bonds. The van der Waals surface area contributed by atoms with E-state index in [1.807, 2.05) is 0 Å². The summed E-state index contributed by atoms with van der Waals surface area (Å²) in [6, 6.07) is 22.8. The van der Waals surface area contributed by atoms with Crippen molar-refractivity contribution in [3.05, 3.63) is 71.8 Å². The van der Waals surface area contributed by atoms with E-state index in [1.54, 1.807) is 5.56 Å². The molecule has 37 heavy (non-hydrogen) atoms. The van der Waals surface area contributed by atoms with Crippen molar-refractivity contribution >= 4 is 23.8 Å². The first-order valence-electron chi connectivity index (χ1n) is 14.5. The topological polar surface area (TPSA) is 0 Å².